The predicted octanol–water partition coefficient (Wildman–Crippen LogP) is 0.919. The highest BCUT2D eigenvalue weighted by Crippen LogP contribution is 2.31. The molecule has 2 aromatic rings. The summed E-state index contributed by atoms with van der Waals surface area (Å²) in [7, 11) is 1.79. The maximum Gasteiger partial charge on any atom is 0.241 e. The first kappa shape index (κ1) is 10.9. The van der Waals surface area contributed by atoms with Crippen LogP contribution in [0.1, 0.15) is 13.3 Å². The summed E-state index contributed by atoms with van der Waals surface area (Å²) in [6.07, 6.45) is 6.33. The normalized spacial score (nSPS) is 21.7. The number of aromatic nitrogens is 5. The highest BCUT2D eigenvalue weighted by molar-refractivity contribution is 5.39. The fourth-order valence-corrected chi connectivity index (χ4v) is 1.72. The summed E-state index contributed by atoms with van der Waals surface area (Å²) in [6.45, 7) is 2.20. The number of nitrogens with zero attached hydrogens (tertiary/aromatic N) is 5. The topological polar surface area (TPSA) is 80.5 Å². The maximum atomic E-state index is 4.39. The molecule has 0 saturated heterocycles. The van der Waals surface area contributed by atoms with Crippen LogP contribution in [-0.4, -0.2) is 37.6 Å². The number of nitrogens with one attached hydrogen (secondary N) is 2. The molecule has 2 unspecified atom stereocenters. The minimum absolute atomic E-state index is 0.479. The molecule has 94 valence electrons. The Morgan fingerprint density at radius 1 is 1.28 bits per heavy atom. The van der Waals surface area contributed by atoms with Crippen LogP contribution in [-0.2, 0) is 0 Å². The van der Waals surface area contributed by atoms with Gasteiger partial charge in [-0.2, -0.15) is 15.0 Å². The quantitative estimate of drug-likeness (QED) is 0.833. The smallest absolute Gasteiger partial charge is 0.241 e. The van der Waals surface area contributed by atoms with Crippen LogP contribution in [0.2, 0.25) is 0 Å². The molecule has 0 radical (unpaired) electrons. The molecule has 0 bridgehead atoms. The Balaban J connectivity index is 1.91. The van der Waals surface area contributed by atoms with Crippen molar-refractivity contribution in [3.8, 4) is 5.95 Å². The third-order valence-electron chi connectivity index (χ3n) is 3.01. The number of anilines is 2. The molecule has 7 heteroatoms. The lowest BCUT2D eigenvalue weighted by atomic mass is 10.5. The van der Waals surface area contributed by atoms with Crippen LogP contribution in [0, 0.1) is 5.92 Å². The molecule has 1 saturated carbocycles. The number of imidazole rings is 1. The van der Waals surface area contributed by atoms with Gasteiger partial charge in [0.1, 0.15) is 6.33 Å². The van der Waals surface area contributed by atoms with Gasteiger partial charge in [-0.15, -0.1) is 0 Å². The van der Waals surface area contributed by atoms with Crippen molar-refractivity contribution in [1.29, 1.82) is 0 Å². The first-order valence-electron chi connectivity index (χ1n) is 5.95. The summed E-state index contributed by atoms with van der Waals surface area (Å²) < 4.78 is 1.75. The molecular formula is C11H15N7. The largest absolute Gasteiger partial charge is 0.357 e. The Labute approximate surface area is 105 Å². The van der Waals surface area contributed by atoms with Crippen molar-refractivity contribution < 1.29 is 0 Å². The van der Waals surface area contributed by atoms with Crippen LogP contribution >= 0.6 is 0 Å². The lowest BCUT2D eigenvalue weighted by molar-refractivity contribution is 0.872. The Hall–Kier alpha value is -2.18. The molecule has 2 aromatic heterocycles. The van der Waals surface area contributed by atoms with E-state index in [4.69, 9.17) is 0 Å². The molecule has 3 rings (SSSR count). The first-order chi connectivity index (χ1) is 8.76. The minimum Gasteiger partial charge on any atom is -0.357 e. The SMILES string of the molecule is CNc1nc(NC2CC2C)nc(-n2ccnc2)n1. The van der Waals surface area contributed by atoms with Crippen LogP contribution in [0.4, 0.5) is 11.9 Å². The van der Waals surface area contributed by atoms with Crippen molar-refractivity contribution in [3.05, 3.63) is 18.7 Å². The van der Waals surface area contributed by atoms with E-state index in [1.54, 1.807) is 30.3 Å². The summed E-state index contributed by atoms with van der Waals surface area (Å²) in [5.41, 5.74) is 0. The van der Waals surface area contributed by atoms with E-state index in [0.717, 1.165) is 0 Å². The fraction of sp³-hybridized carbons (Fsp3) is 0.455. The highest BCUT2D eigenvalue weighted by atomic mass is 15.3. The molecule has 2 N–H and O–H groups in total. The van der Waals surface area contributed by atoms with Crippen LogP contribution in [0.25, 0.3) is 5.95 Å². The Morgan fingerprint density at radius 3 is 2.67 bits per heavy atom. The van der Waals surface area contributed by atoms with Gasteiger partial charge in [0.25, 0.3) is 0 Å². The molecule has 1 aliphatic carbocycles. The molecule has 2 heterocycles. The summed E-state index contributed by atoms with van der Waals surface area (Å²) in [6, 6.07) is 0.479. The van der Waals surface area contributed by atoms with Gasteiger partial charge < -0.3 is 10.6 Å². The van der Waals surface area contributed by atoms with Gasteiger partial charge in [0.2, 0.25) is 17.8 Å². The zero-order chi connectivity index (χ0) is 12.5. The first-order valence-corrected chi connectivity index (χ1v) is 5.95. The van der Waals surface area contributed by atoms with Crippen molar-refractivity contribution >= 4 is 11.9 Å². The van der Waals surface area contributed by atoms with E-state index in [0.29, 0.717) is 29.8 Å². The average molecular weight is 245 g/mol. The molecule has 7 nitrogen and oxygen atoms in total. The second kappa shape index (κ2) is 4.25. The van der Waals surface area contributed by atoms with Crippen molar-refractivity contribution in [2.24, 2.45) is 5.92 Å². The van der Waals surface area contributed by atoms with Crippen LogP contribution in [0.5, 0.6) is 0 Å². The second-order valence-corrected chi connectivity index (χ2v) is 4.47. The van der Waals surface area contributed by atoms with E-state index in [-0.39, 0.29) is 0 Å². The molecule has 0 aromatic carbocycles. The Bertz CT molecular complexity index is 536. The van der Waals surface area contributed by atoms with Gasteiger partial charge in [-0.3, -0.25) is 4.57 Å². The van der Waals surface area contributed by atoms with E-state index in [9.17, 15) is 0 Å². The van der Waals surface area contributed by atoms with E-state index in [2.05, 4.69) is 37.5 Å². The van der Waals surface area contributed by atoms with Gasteiger partial charge in [0, 0.05) is 25.5 Å². The van der Waals surface area contributed by atoms with Crippen LogP contribution < -0.4 is 10.6 Å². The summed E-state index contributed by atoms with van der Waals surface area (Å²) in [5, 5.41) is 6.25. The van der Waals surface area contributed by atoms with Crippen LogP contribution in [0.3, 0.4) is 0 Å². The van der Waals surface area contributed by atoms with Gasteiger partial charge in [0.05, 0.1) is 0 Å². The number of hydrogen-bond acceptors (Lipinski definition) is 6. The number of rotatable bonds is 4. The lowest BCUT2D eigenvalue weighted by Crippen LogP contribution is -2.12. The predicted molar refractivity (Wildman–Crippen MR) is 67.7 cm³/mol. The van der Waals surface area contributed by atoms with Crippen molar-refractivity contribution in [2.45, 2.75) is 19.4 Å². The zero-order valence-electron chi connectivity index (χ0n) is 10.3. The van der Waals surface area contributed by atoms with Gasteiger partial charge in [-0.25, -0.2) is 4.98 Å². The molecule has 18 heavy (non-hydrogen) atoms. The average Bonchev–Trinajstić information content (AvgIpc) is 2.86. The maximum absolute atomic E-state index is 4.39. The monoisotopic (exact) mass is 245 g/mol. The fourth-order valence-electron chi connectivity index (χ4n) is 1.72. The van der Waals surface area contributed by atoms with E-state index in [1.165, 1.54) is 6.42 Å². The van der Waals surface area contributed by atoms with Gasteiger partial charge >= 0.3 is 0 Å². The molecular weight excluding hydrogens is 230 g/mol. The minimum atomic E-state index is 0.479. The molecule has 1 aliphatic rings. The third kappa shape index (κ3) is 2.11. The lowest BCUT2D eigenvalue weighted by Gasteiger charge is -2.08. The van der Waals surface area contributed by atoms with Gasteiger partial charge in [0.15, 0.2) is 0 Å². The summed E-state index contributed by atoms with van der Waals surface area (Å²) in [4.78, 5) is 17.0. The second-order valence-electron chi connectivity index (χ2n) is 4.47. The van der Waals surface area contributed by atoms with E-state index in [1.807, 2.05) is 0 Å². The van der Waals surface area contributed by atoms with Crippen molar-refractivity contribution in [3.63, 3.8) is 0 Å². The van der Waals surface area contributed by atoms with Crippen molar-refractivity contribution in [1.82, 2.24) is 24.5 Å². The van der Waals surface area contributed by atoms with Crippen molar-refractivity contribution in [2.75, 3.05) is 17.7 Å². The number of hydrogen-bond donors (Lipinski definition) is 2. The Morgan fingerprint density at radius 2 is 2.06 bits per heavy atom. The van der Waals surface area contributed by atoms with Gasteiger partial charge in [-0.05, 0) is 12.3 Å². The molecule has 0 spiro atoms. The molecule has 1 fully saturated rings. The van der Waals surface area contributed by atoms with E-state index >= 15 is 0 Å². The Kier molecular flexibility index (Phi) is 2.58. The molecule has 0 aliphatic heterocycles. The summed E-state index contributed by atoms with van der Waals surface area (Å²) in [5.74, 6) is 2.40. The summed E-state index contributed by atoms with van der Waals surface area (Å²) >= 11 is 0. The molecule has 2 atom stereocenters. The standard InChI is InChI=1S/C11H15N7/c1-7-5-8(7)14-10-15-9(12-2)16-11(17-10)18-4-3-13-6-18/h3-4,6-8H,5H2,1-2H3,(H2,12,14,15,16,17). The van der Waals surface area contributed by atoms with Crippen LogP contribution in [0.15, 0.2) is 18.7 Å². The highest BCUT2D eigenvalue weighted by Gasteiger charge is 2.33. The third-order valence-corrected chi connectivity index (χ3v) is 3.01. The van der Waals surface area contributed by atoms with E-state index < -0.39 is 0 Å². The zero-order valence-corrected chi connectivity index (χ0v) is 10.3. The molecule has 0 amide bonds. The van der Waals surface area contributed by atoms with Gasteiger partial charge in [-0.1, -0.05) is 6.92 Å².